The summed E-state index contributed by atoms with van der Waals surface area (Å²) >= 11 is 6.16. The molecular weight excluding hydrogens is 613 g/mol. The molecule has 1 N–H and O–H groups in total. The van der Waals surface area contributed by atoms with Crippen LogP contribution in [-0.4, -0.2) is 79.9 Å². The highest BCUT2D eigenvalue weighted by atomic mass is 35.5. The fourth-order valence-electron chi connectivity index (χ4n) is 5.66. The van der Waals surface area contributed by atoms with Gasteiger partial charge in [-0.15, -0.1) is 0 Å². The highest BCUT2D eigenvalue weighted by Gasteiger charge is 2.32. The summed E-state index contributed by atoms with van der Waals surface area (Å²) in [5, 5.41) is 2.70. The first-order chi connectivity index (χ1) is 21.1. The highest BCUT2D eigenvalue weighted by Crippen LogP contribution is 2.29. The minimum atomic E-state index is -1.29. The van der Waals surface area contributed by atoms with Crippen molar-refractivity contribution in [1.29, 1.82) is 0 Å². The van der Waals surface area contributed by atoms with Crippen LogP contribution in [0.5, 0.6) is 5.75 Å². The summed E-state index contributed by atoms with van der Waals surface area (Å²) in [4.78, 5) is 56.5. The summed E-state index contributed by atoms with van der Waals surface area (Å²) in [5.41, 5.74) is 0.325. The molecule has 3 aromatic rings. The van der Waals surface area contributed by atoms with Crippen molar-refractivity contribution in [3.63, 3.8) is 0 Å². The lowest BCUT2D eigenvalue weighted by Gasteiger charge is -2.38. The van der Waals surface area contributed by atoms with Crippen LogP contribution in [0, 0.1) is 5.82 Å². The Balaban J connectivity index is 1.31. The van der Waals surface area contributed by atoms with Crippen LogP contribution < -0.4 is 21.3 Å². The summed E-state index contributed by atoms with van der Waals surface area (Å²) < 4.78 is 33.3. The number of ether oxygens (including phenoxy) is 1. The zero-order chi connectivity index (χ0) is 31.5. The van der Waals surface area contributed by atoms with Gasteiger partial charge >= 0.3 is 11.7 Å². The minimum absolute atomic E-state index is 0.0413. The van der Waals surface area contributed by atoms with Crippen molar-refractivity contribution in [2.75, 3.05) is 44.1 Å². The molecule has 0 spiro atoms. The van der Waals surface area contributed by atoms with Crippen molar-refractivity contribution in [1.82, 2.24) is 18.9 Å². The average Bonchev–Trinajstić information content (AvgIpc) is 3.17. The topological polar surface area (TPSA) is 123 Å². The molecule has 234 valence electrons. The molecule has 1 aromatic heterocycles. The Kier molecular flexibility index (Phi) is 9.54. The molecule has 2 aliphatic heterocycles. The van der Waals surface area contributed by atoms with Crippen molar-refractivity contribution < 1.29 is 22.9 Å². The number of hydrogen-bond acceptors (Lipinski definition) is 6. The van der Waals surface area contributed by atoms with Crippen LogP contribution in [0.1, 0.15) is 18.4 Å². The smallest absolute Gasteiger partial charge is 0.331 e. The molecule has 0 saturated carbocycles. The van der Waals surface area contributed by atoms with E-state index < -0.39 is 27.9 Å². The van der Waals surface area contributed by atoms with E-state index in [1.165, 1.54) is 24.6 Å². The van der Waals surface area contributed by atoms with Gasteiger partial charge in [0.05, 0.1) is 17.7 Å². The number of methoxy groups -OCH3 is 1. The Morgan fingerprint density at radius 1 is 1.11 bits per heavy atom. The molecule has 0 bridgehead atoms. The standard InChI is InChI=1S/C30H33ClFN5O6S/c1-43-21-6-7-25-19(16-21)8-13-36(29(40)33-25)20-9-11-34(12-10-20)26(38)18-35-17-23(22-4-3-5-24(32)27(22)31)28(39)37(30(35)41)14-15-44(2)42/h3-7,16-17,20H,8-15,18H2,1-2H3,(H,33,40). The number of carbonyl (C=O) groups excluding carboxylic acids is 2. The molecule has 2 aliphatic rings. The molecule has 5 rings (SSSR count). The Hall–Kier alpha value is -3.97. The number of nitrogens with zero attached hydrogens (tertiary/aromatic N) is 4. The lowest BCUT2D eigenvalue weighted by atomic mass is 10.0. The number of fused-ring (bicyclic) bond motifs is 1. The Bertz CT molecular complexity index is 1740. The fourth-order valence-corrected chi connectivity index (χ4v) is 6.32. The molecule has 1 saturated heterocycles. The molecule has 1 unspecified atom stereocenters. The van der Waals surface area contributed by atoms with Gasteiger partial charge in [-0.1, -0.05) is 23.7 Å². The number of hydrogen-bond donors (Lipinski definition) is 1. The van der Waals surface area contributed by atoms with E-state index >= 15 is 0 Å². The molecule has 3 heterocycles. The Morgan fingerprint density at radius 3 is 2.57 bits per heavy atom. The van der Waals surface area contributed by atoms with E-state index in [2.05, 4.69) is 5.32 Å². The van der Waals surface area contributed by atoms with Crippen molar-refractivity contribution >= 4 is 40.0 Å². The molecular formula is C30H33ClFN5O6S. The zero-order valence-corrected chi connectivity index (χ0v) is 26.0. The molecule has 2 aromatic carbocycles. The number of piperidine rings is 1. The second kappa shape index (κ2) is 13.3. The summed E-state index contributed by atoms with van der Waals surface area (Å²) in [6.45, 7) is 0.769. The van der Waals surface area contributed by atoms with Gasteiger partial charge in [0.25, 0.3) is 5.56 Å². The van der Waals surface area contributed by atoms with E-state index in [0.717, 1.165) is 32.2 Å². The molecule has 44 heavy (non-hydrogen) atoms. The fraction of sp³-hybridized carbons (Fsp3) is 0.400. The highest BCUT2D eigenvalue weighted by molar-refractivity contribution is 7.84. The first kappa shape index (κ1) is 31.5. The summed E-state index contributed by atoms with van der Waals surface area (Å²) in [6, 6.07) is 9.29. The van der Waals surface area contributed by atoms with Crippen LogP contribution in [0.15, 0.2) is 52.2 Å². The van der Waals surface area contributed by atoms with Crippen LogP contribution in [0.25, 0.3) is 11.1 Å². The molecule has 1 fully saturated rings. The molecule has 1 atom stereocenters. The second-order valence-electron chi connectivity index (χ2n) is 10.8. The van der Waals surface area contributed by atoms with Gasteiger partial charge in [0.2, 0.25) is 5.91 Å². The lowest BCUT2D eigenvalue weighted by Crippen LogP contribution is -2.51. The van der Waals surface area contributed by atoms with Crippen LogP contribution in [0.2, 0.25) is 5.02 Å². The first-order valence-corrected chi connectivity index (χ1v) is 16.3. The third-order valence-electron chi connectivity index (χ3n) is 8.08. The van der Waals surface area contributed by atoms with E-state index in [4.69, 9.17) is 16.3 Å². The summed E-state index contributed by atoms with van der Waals surface area (Å²) in [6.07, 6.45) is 4.45. The van der Waals surface area contributed by atoms with Crippen molar-refractivity contribution in [2.24, 2.45) is 0 Å². The van der Waals surface area contributed by atoms with Gasteiger partial charge in [0.1, 0.15) is 18.1 Å². The number of amides is 3. The zero-order valence-electron chi connectivity index (χ0n) is 24.4. The maximum absolute atomic E-state index is 14.3. The van der Waals surface area contributed by atoms with Gasteiger partial charge in [-0.05, 0) is 49.1 Å². The number of urea groups is 1. The number of rotatable bonds is 8. The van der Waals surface area contributed by atoms with Gasteiger partial charge in [-0.2, -0.15) is 0 Å². The van der Waals surface area contributed by atoms with E-state index in [-0.39, 0.29) is 53.0 Å². The third kappa shape index (κ3) is 6.58. The van der Waals surface area contributed by atoms with Gasteiger partial charge in [-0.3, -0.25) is 22.9 Å². The number of benzene rings is 2. The van der Waals surface area contributed by atoms with Crippen LogP contribution >= 0.6 is 11.6 Å². The van der Waals surface area contributed by atoms with Crippen molar-refractivity contribution in [3.05, 3.63) is 79.8 Å². The number of anilines is 1. The average molecular weight is 646 g/mol. The van der Waals surface area contributed by atoms with E-state index in [9.17, 15) is 27.8 Å². The summed E-state index contributed by atoms with van der Waals surface area (Å²) in [7, 11) is 0.305. The summed E-state index contributed by atoms with van der Waals surface area (Å²) in [5.74, 6) is -0.312. The van der Waals surface area contributed by atoms with Crippen molar-refractivity contribution in [3.8, 4) is 16.9 Å². The predicted octanol–water partition coefficient (Wildman–Crippen LogP) is 2.94. The number of likely N-dealkylation sites (tertiary alicyclic amines) is 1. The van der Waals surface area contributed by atoms with Crippen molar-refractivity contribution in [2.45, 2.75) is 38.4 Å². The maximum Gasteiger partial charge on any atom is 0.331 e. The molecule has 0 radical (unpaired) electrons. The Morgan fingerprint density at radius 2 is 1.86 bits per heavy atom. The third-order valence-corrected chi connectivity index (χ3v) is 9.22. The van der Waals surface area contributed by atoms with E-state index in [0.29, 0.717) is 38.9 Å². The monoisotopic (exact) mass is 645 g/mol. The largest absolute Gasteiger partial charge is 0.497 e. The lowest BCUT2D eigenvalue weighted by molar-refractivity contribution is -0.133. The Labute approximate surface area is 260 Å². The first-order valence-electron chi connectivity index (χ1n) is 14.2. The SMILES string of the molecule is COc1ccc2c(c1)CCN(C1CCN(C(=O)Cn3cc(-c4cccc(F)c4Cl)c(=O)n(CCS(C)=O)c3=O)CC1)C(=O)N2. The van der Waals surface area contributed by atoms with Crippen LogP contribution in [-0.2, 0) is 35.1 Å². The molecule has 14 heteroatoms. The molecule has 0 aliphatic carbocycles. The van der Waals surface area contributed by atoms with Gasteiger partial charge < -0.3 is 19.9 Å². The predicted molar refractivity (Wildman–Crippen MR) is 166 cm³/mol. The molecule has 3 amide bonds. The number of halogens is 2. The number of aromatic nitrogens is 2. The molecule has 11 nitrogen and oxygen atoms in total. The number of carbonyl (C=O) groups is 2. The van der Waals surface area contributed by atoms with E-state index in [1.54, 1.807) is 23.0 Å². The van der Waals surface area contributed by atoms with Crippen LogP contribution in [0.3, 0.4) is 0 Å². The number of nitrogens with one attached hydrogen (secondary N) is 1. The maximum atomic E-state index is 14.3. The second-order valence-corrected chi connectivity index (χ2v) is 12.7. The van der Waals surface area contributed by atoms with E-state index in [1.807, 2.05) is 12.1 Å². The quantitative estimate of drug-likeness (QED) is 0.402. The van der Waals surface area contributed by atoms with Gasteiger partial charge in [0.15, 0.2) is 0 Å². The minimum Gasteiger partial charge on any atom is -0.497 e. The van der Waals surface area contributed by atoms with Crippen LogP contribution in [0.4, 0.5) is 14.9 Å². The van der Waals surface area contributed by atoms with Gasteiger partial charge in [-0.25, -0.2) is 14.0 Å². The normalized spacial score (nSPS) is 16.2. The van der Waals surface area contributed by atoms with Gasteiger partial charge in [0, 0.05) is 72.5 Å².